The lowest BCUT2D eigenvalue weighted by Crippen LogP contribution is -2.31. The van der Waals surface area contributed by atoms with Crippen molar-refractivity contribution >= 4 is 5.69 Å². The van der Waals surface area contributed by atoms with E-state index in [4.69, 9.17) is 4.74 Å². The largest absolute Gasteiger partial charge is 0.388 e. The highest BCUT2D eigenvalue weighted by atomic mass is 16.5. The molecule has 2 atom stereocenters. The predicted molar refractivity (Wildman–Crippen MR) is 64.8 cm³/mol. The standard InChI is InChI=1S/C13H19NO2/c1-9(2)10-3-5-11(6-4-10)14-12-7-16-8-13(12)15/h3-6,9,12-15H,7-8H2,1-2H3. The van der Waals surface area contributed by atoms with Crippen LogP contribution in [0, 0.1) is 0 Å². The summed E-state index contributed by atoms with van der Waals surface area (Å²) in [5.41, 5.74) is 2.37. The number of hydrogen-bond acceptors (Lipinski definition) is 3. The smallest absolute Gasteiger partial charge is 0.0996 e. The third kappa shape index (κ3) is 2.54. The molecule has 1 aliphatic rings. The van der Waals surface area contributed by atoms with Crippen molar-refractivity contribution in [3.63, 3.8) is 0 Å². The van der Waals surface area contributed by atoms with Crippen molar-refractivity contribution in [2.24, 2.45) is 0 Å². The monoisotopic (exact) mass is 221 g/mol. The minimum Gasteiger partial charge on any atom is -0.388 e. The van der Waals surface area contributed by atoms with Crippen LogP contribution in [0.2, 0.25) is 0 Å². The summed E-state index contributed by atoms with van der Waals surface area (Å²) in [7, 11) is 0. The number of nitrogens with one attached hydrogen (secondary N) is 1. The number of hydrogen-bond donors (Lipinski definition) is 2. The van der Waals surface area contributed by atoms with Gasteiger partial charge in [0.1, 0.15) is 0 Å². The van der Waals surface area contributed by atoms with Crippen molar-refractivity contribution in [1.29, 1.82) is 0 Å². The second-order valence-corrected chi connectivity index (χ2v) is 4.63. The number of benzene rings is 1. The summed E-state index contributed by atoms with van der Waals surface area (Å²) in [6, 6.07) is 8.37. The Hall–Kier alpha value is -1.06. The van der Waals surface area contributed by atoms with E-state index in [1.807, 2.05) is 0 Å². The maximum absolute atomic E-state index is 9.61. The van der Waals surface area contributed by atoms with E-state index in [1.165, 1.54) is 5.56 Å². The molecule has 0 aromatic heterocycles. The van der Waals surface area contributed by atoms with Crippen LogP contribution >= 0.6 is 0 Å². The lowest BCUT2D eigenvalue weighted by Gasteiger charge is -2.16. The topological polar surface area (TPSA) is 41.5 Å². The minimum atomic E-state index is -0.398. The zero-order valence-electron chi connectivity index (χ0n) is 9.81. The lowest BCUT2D eigenvalue weighted by molar-refractivity contribution is 0.125. The Labute approximate surface area is 96.4 Å². The first-order valence-electron chi connectivity index (χ1n) is 5.79. The molecule has 0 radical (unpaired) electrons. The summed E-state index contributed by atoms with van der Waals surface area (Å²) in [5, 5.41) is 12.9. The third-order valence-electron chi connectivity index (χ3n) is 2.98. The molecule has 1 fully saturated rings. The van der Waals surface area contributed by atoms with Gasteiger partial charge in [0.05, 0.1) is 25.4 Å². The van der Waals surface area contributed by atoms with Crippen LogP contribution in [-0.2, 0) is 4.74 Å². The van der Waals surface area contributed by atoms with E-state index in [9.17, 15) is 5.11 Å². The highest BCUT2D eigenvalue weighted by Crippen LogP contribution is 2.19. The van der Waals surface area contributed by atoms with Crippen LogP contribution < -0.4 is 5.32 Å². The van der Waals surface area contributed by atoms with Crippen LogP contribution in [0.3, 0.4) is 0 Å². The second-order valence-electron chi connectivity index (χ2n) is 4.63. The number of aliphatic hydroxyl groups is 1. The fourth-order valence-corrected chi connectivity index (χ4v) is 1.86. The van der Waals surface area contributed by atoms with Crippen molar-refractivity contribution in [3.8, 4) is 0 Å². The van der Waals surface area contributed by atoms with E-state index >= 15 is 0 Å². The molecule has 0 spiro atoms. The second kappa shape index (κ2) is 4.85. The van der Waals surface area contributed by atoms with Crippen molar-refractivity contribution in [2.75, 3.05) is 18.5 Å². The van der Waals surface area contributed by atoms with Gasteiger partial charge in [-0.15, -0.1) is 0 Å². The Kier molecular flexibility index (Phi) is 3.46. The molecule has 1 aliphatic heterocycles. The molecule has 0 saturated carbocycles. The molecule has 2 N–H and O–H groups in total. The average molecular weight is 221 g/mol. The van der Waals surface area contributed by atoms with E-state index in [0.717, 1.165) is 5.69 Å². The van der Waals surface area contributed by atoms with Crippen molar-refractivity contribution in [2.45, 2.75) is 31.9 Å². The van der Waals surface area contributed by atoms with E-state index in [-0.39, 0.29) is 6.04 Å². The Morgan fingerprint density at radius 1 is 1.25 bits per heavy atom. The van der Waals surface area contributed by atoms with E-state index in [0.29, 0.717) is 19.1 Å². The van der Waals surface area contributed by atoms with Gasteiger partial charge in [0.15, 0.2) is 0 Å². The maximum Gasteiger partial charge on any atom is 0.0996 e. The van der Waals surface area contributed by atoms with Gasteiger partial charge in [-0.2, -0.15) is 0 Å². The van der Waals surface area contributed by atoms with Gasteiger partial charge >= 0.3 is 0 Å². The highest BCUT2D eigenvalue weighted by Gasteiger charge is 2.25. The summed E-state index contributed by atoms with van der Waals surface area (Å²) >= 11 is 0. The van der Waals surface area contributed by atoms with Gasteiger partial charge in [0, 0.05) is 5.69 Å². The number of rotatable bonds is 3. The molecule has 0 amide bonds. The van der Waals surface area contributed by atoms with Crippen molar-refractivity contribution in [1.82, 2.24) is 0 Å². The average Bonchev–Trinajstić information content (AvgIpc) is 2.65. The van der Waals surface area contributed by atoms with Crippen LogP contribution in [0.4, 0.5) is 5.69 Å². The van der Waals surface area contributed by atoms with Crippen LogP contribution in [0.5, 0.6) is 0 Å². The zero-order valence-corrected chi connectivity index (χ0v) is 9.81. The molecule has 0 bridgehead atoms. The van der Waals surface area contributed by atoms with Gasteiger partial charge in [-0.3, -0.25) is 0 Å². The maximum atomic E-state index is 9.61. The van der Waals surface area contributed by atoms with Crippen LogP contribution in [0.15, 0.2) is 24.3 Å². The first kappa shape index (κ1) is 11.4. The molecule has 0 aliphatic carbocycles. The fraction of sp³-hybridized carbons (Fsp3) is 0.538. The molecule has 2 rings (SSSR count). The molecule has 1 heterocycles. The summed E-state index contributed by atoms with van der Waals surface area (Å²) < 4.78 is 5.19. The quantitative estimate of drug-likeness (QED) is 0.820. The molecule has 1 saturated heterocycles. The van der Waals surface area contributed by atoms with Gasteiger partial charge in [-0.1, -0.05) is 26.0 Å². The van der Waals surface area contributed by atoms with Crippen LogP contribution in [0.1, 0.15) is 25.3 Å². The lowest BCUT2D eigenvalue weighted by atomic mass is 10.0. The number of aliphatic hydroxyl groups excluding tert-OH is 1. The Morgan fingerprint density at radius 2 is 1.94 bits per heavy atom. The van der Waals surface area contributed by atoms with E-state index in [1.54, 1.807) is 0 Å². The number of anilines is 1. The first-order chi connectivity index (χ1) is 7.66. The van der Waals surface area contributed by atoms with Crippen molar-refractivity contribution in [3.05, 3.63) is 29.8 Å². The van der Waals surface area contributed by atoms with Crippen LogP contribution in [-0.4, -0.2) is 30.5 Å². The molecule has 3 nitrogen and oxygen atoms in total. The molecule has 1 aromatic rings. The zero-order chi connectivity index (χ0) is 11.5. The Morgan fingerprint density at radius 3 is 2.44 bits per heavy atom. The molecule has 1 aromatic carbocycles. The van der Waals surface area contributed by atoms with Gasteiger partial charge in [-0.05, 0) is 23.6 Å². The van der Waals surface area contributed by atoms with Gasteiger partial charge in [0.2, 0.25) is 0 Å². The third-order valence-corrected chi connectivity index (χ3v) is 2.98. The molecular formula is C13H19NO2. The van der Waals surface area contributed by atoms with Crippen LogP contribution in [0.25, 0.3) is 0 Å². The Balaban J connectivity index is 1.99. The van der Waals surface area contributed by atoms with Gasteiger partial charge in [-0.25, -0.2) is 0 Å². The highest BCUT2D eigenvalue weighted by molar-refractivity contribution is 5.46. The summed E-state index contributed by atoms with van der Waals surface area (Å²) in [6.07, 6.45) is -0.398. The Bertz CT molecular complexity index is 334. The molecule has 16 heavy (non-hydrogen) atoms. The normalized spacial score (nSPS) is 25.0. The van der Waals surface area contributed by atoms with E-state index < -0.39 is 6.10 Å². The first-order valence-corrected chi connectivity index (χ1v) is 5.79. The van der Waals surface area contributed by atoms with E-state index in [2.05, 4.69) is 43.4 Å². The fourth-order valence-electron chi connectivity index (χ4n) is 1.86. The minimum absolute atomic E-state index is 0.0184. The number of ether oxygens (including phenoxy) is 1. The molecular weight excluding hydrogens is 202 g/mol. The summed E-state index contributed by atoms with van der Waals surface area (Å²) in [6.45, 7) is 5.36. The van der Waals surface area contributed by atoms with Gasteiger partial charge in [0.25, 0.3) is 0 Å². The summed E-state index contributed by atoms with van der Waals surface area (Å²) in [4.78, 5) is 0. The summed E-state index contributed by atoms with van der Waals surface area (Å²) in [5.74, 6) is 0.550. The molecule has 2 unspecified atom stereocenters. The van der Waals surface area contributed by atoms with Gasteiger partial charge < -0.3 is 15.2 Å². The molecule has 88 valence electrons. The predicted octanol–water partition coefficient (Wildman–Crippen LogP) is 1.98. The van der Waals surface area contributed by atoms with Crippen molar-refractivity contribution < 1.29 is 9.84 Å². The SMILES string of the molecule is CC(C)c1ccc(NC2COCC2O)cc1. The molecule has 3 heteroatoms.